The highest BCUT2D eigenvalue weighted by atomic mass is 32.1. The second kappa shape index (κ2) is 6.14. The Labute approximate surface area is 145 Å². The van der Waals surface area contributed by atoms with Crippen molar-refractivity contribution < 1.29 is 0 Å². The molecule has 0 aliphatic carbocycles. The lowest BCUT2D eigenvalue weighted by Gasteiger charge is -2.16. The second-order valence-corrected chi connectivity index (χ2v) is 7.43. The maximum Gasteiger partial charge on any atom is 0.161 e. The number of fused-ring (bicyclic) bond motifs is 1. The van der Waals surface area contributed by atoms with Gasteiger partial charge in [-0.25, -0.2) is 9.97 Å². The Hall–Kier alpha value is -1.99. The van der Waals surface area contributed by atoms with Gasteiger partial charge in [0.1, 0.15) is 10.7 Å². The Bertz CT molecular complexity index is 815. The fraction of sp³-hybridized carbons (Fsp3) is 0.471. The lowest BCUT2D eigenvalue weighted by Crippen LogP contribution is -2.28. The first kappa shape index (κ1) is 15.5. The third-order valence-corrected chi connectivity index (χ3v) is 5.79. The molecule has 1 aliphatic heterocycles. The predicted octanol–water partition coefficient (Wildman–Crippen LogP) is 2.92. The van der Waals surface area contributed by atoms with E-state index in [0.717, 1.165) is 48.3 Å². The maximum atomic E-state index is 4.77. The molecule has 24 heavy (non-hydrogen) atoms. The molecule has 0 amide bonds. The van der Waals surface area contributed by atoms with Crippen molar-refractivity contribution in [2.24, 2.45) is 0 Å². The molecule has 3 aromatic rings. The van der Waals surface area contributed by atoms with E-state index in [0.29, 0.717) is 0 Å². The van der Waals surface area contributed by atoms with E-state index in [2.05, 4.69) is 46.4 Å². The van der Waals surface area contributed by atoms with Gasteiger partial charge in [-0.3, -0.25) is 4.68 Å². The van der Waals surface area contributed by atoms with Gasteiger partial charge in [0, 0.05) is 30.4 Å². The summed E-state index contributed by atoms with van der Waals surface area (Å²) in [5, 5.41) is 9.30. The Morgan fingerprint density at radius 1 is 1.38 bits per heavy atom. The zero-order chi connectivity index (χ0) is 16.7. The molecule has 3 aromatic heterocycles. The van der Waals surface area contributed by atoms with E-state index in [1.165, 1.54) is 10.6 Å². The van der Waals surface area contributed by atoms with Crippen LogP contribution in [0.5, 0.6) is 0 Å². The summed E-state index contributed by atoms with van der Waals surface area (Å²) < 4.78 is 4.31. The van der Waals surface area contributed by atoms with Crippen LogP contribution in [0.2, 0.25) is 0 Å². The van der Waals surface area contributed by atoms with Crippen molar-refractivity contribution in [2.45, 2.75) is 46.3 Å². The monoisotopic (exact) mass is 342 g/mol. The third kappa shape index (κ3) is 2.57. The normalized spacial score (nSPS) is 15.5. The van der Waals surface area contributed by atoms with Gasteiger partial charge >= 0.3 is 0 Å². The molecule has 1 unspecified atom stereocenters. The lowest BCUT2D eigenvalue weighted by atomic mass is 10.2. The highest BCUT2D eigenvalue weighted by molar-refractivity contribution is 7.11. The van der Waals surface area contributed by atoms with E-state index < -0.39 is 0 Å². The summed E-state index contributed by atoms with van der Waals surface area (Å²) in [6.07, 6.45) is 4.89. The number of hydrogen-bond donors (Lipinski definition) is 1. The van der Waals surface area contributed by atoms with E-state index in [1.807, 2.05) is 12.4 Å². The smallest absolute Gasteiger partial charge is 0.161 e. The number of aromatic nitrogens is 5. The minimum atomic E-state index is 0.205. The van der Waals surface area contributed by atoms with Gasteiger partial charge in [0.2, 0.25) is 0 Å². The topological polar surface area (TPSA) is 60.6 Å². The van der Waals surface area contributed by atoms with Crippen molar-refractivity contribution in [1.29, 1.82) is 0 Å². The molecule has 1 N–H and O–H groups in total. The van der Waals surface area contributed by atoms with Crippen LogP contribution < -0.4 is 5.32 Å². The third-order valence-electron chi connectivity index (χ3n) is 4.62. The minimum absolute atomic E-state index is 0.205. The number of rotatable bonds is 4. The zero-order valence-electron chi connectivity index (χ0n) is 14.3. The summed E-state index contributed by atoms with van der Waals surface area (Å²) >= 11 is 1.78. The molecule has 0 saturated carbocycles. The minimum Gasteiger partial charge on any atom is -0.320 e. The average molecular weight is 342 g/mol. The number of imidazole rings is 1. The van der Waals surface area contributed by atoms with Crippen molar-refractivity contribution in [2.75, 3.05) is 6.54 Å². The molecular formula is C17H22N6S. The van der Waals surface area contributed by atoms with Crippen LogP contribution in [0.25, 0.3) is 11.5 Å². The molecule has 0 radical (unpaired) electrons. The fourth-order valence-corrected chi connectivity index (χ4v) is 4.30. The molecule has 0 fully saturated rings. The number of nitrogens with zero attached hydrogens (tertiary/aromatic N) is 5. The number of aryl methyl sites for hydroxylation is 2. The van der Waals surface area contributed by atoms with Crippen LogP contribution in [0.1, 0.15) is 40.7 Å². The van der Waals surface area contributed by atoms with Gasteiger partial charge in [-0.2, -0.15) is 5.10 Å². The molecule has 0 aromatic carbocycles. The van der Waals surface area contributed by atoms with E-state index in [4.69, 9.17) is 10.1 Å². The first-order valence-electron chi connectivity index (χ1n) is 8.42. The highest BCUT2D eigenvalue weighted by Crippen LogP contribution is 2.31. The zero-order valence-corrected chi connectivity index (χ0v) is 15.1. The second-order valence-electron chi connectivity index (χ2n) is 6.20. The largest absolute Gasteiger partial charge is 0.320 e. The molecule has 7 heteroatoms. The van der Waals surface area contributed by atoms with Gasteiger partial charge in [0.15, 0.2) is 5.82 Å². The Morgan fingerprint density at radius 3 is 2.96 bits per heavy atom. The van der Waals surface area contributed by atoms with Crippen LogP contribution in [-0.2, 0) is 13.1 Å². The van der Waals surface area contributed by atoms with Crippen LogP contribution in [0, 0.1) is 13.8 Å². The predicted molar refractivity (Wildman–Crippen MR) is 95.2 cm³/mol. The Morgan fingerprint density at radius 2 is 2.25 bits per heavy atom. The van der Waals surface area contributed by atoms with E-state index in [1.54, 1.807) is 11.3 Å². The number of thiazole rings is 1. The summed E-state index contributed by atoms with van der Waals surface area (Å²) in [7, 11) is 0. The van der Waals surface area contributed by atoms with E-state index in [-0.39, 0.29) is 6.04 Å². The van der Waals surface area contributed by atoms with Gasteiger partial charge in [0.25, 0.3) is 0 Å². The highest BCUT2D eigenvalue weighted by Gasteiger charge is 2.22. The molecule has 0 spiro atoms. The molecular weight excluding hydrogens is 320 g/mol. The lowest BCUT2D eigenvalue weighted by molar-refractivity contribution is 0.476. The fourth-order valence-electron chi connectivity index (χ4n) is 3.20. The molecule has 0 bridgehead atoms. The Balaban J connectivity index is 1.74. The summed E-state index contributed by atoms with van der Waals surface area (Å²) in [4.78, 5) is 10.7. The van der Waals surface area contributed by atoms with Crippen LogP contribution in [-0.4, -0.2) is 30.9 Å². The van der Waals surface area contributed by atoms with Crippen molar-refractivity contribution in [1.82, 2.24) is 29.6 Å². The van der Waals surface area contributed by atoms with Gasteiger partial charge in [-0.15, -0.1) is 11.3 Å². The molecule has 1 atom stereocenters. The van der Waals surface area contributed by atoms with Gasteiger partial charge < -0.3 is 9.88 Å². The maximum absolute atomic E-state index is 4.77. The molecule has 4 rings (SSSR count). The van der Waals surface area contributed by atoms with Crippen LogP contribution in [0.4, 0.5) is 0 Å². The van der Waals surface area contributed by atoms with Crippen molar-refractivity contribution in [3.8, 4) is 11.5 Å². The van der Waals surface area contributed by atoms with E-state index in [9.17, 15) is 0 Å². The number of hydrogen-bond acceptors (Lipinski definition) is 5. The molecule has 4 heterocycles. The van der Waals surface area contributed by atoms with E-state index >= 15 is 0 Å². The van der Waals surface area contributed by atoms with Crippen molar-refractivity contribution >= 4 is 11.3 Å². The molecule has 1 aliphatic rings. The van der Waals surface area contributed by atoms with Gasteiger partial charge in [-0.05, 0) is 26.3 Å². The van der Waals surface area contributed by atoms with Crippen molar-refractivity contribution in [3.05, 3.63) is 39.7 Å². The van der Waals surface area contributed by atoms with Crippen LogP contribution in [0.15, 0.2) is 18.5 Å². The average Bonchev–Trinajstić information content (AvgIpc) is 3.27. The van der Waals surface area contributed by atoms with Crippen molar-refractivity contribution in [3.63, 3.8) is 0 Å². The molecule has 0 saturated heterocycles. The van der Waals surface area contributed by atoms with Crippen LogP contribution in [0.3, 0.4) is 0 Å². The summed E-state index contributed by atoms with van der Waals surface area (Å²) in [6.45, 7) is 9.16. The van der Waals surface area contributed by atoms with Crippen LogP contribution >= 0.6 is 11.3 Å². The first-order chi connectivity index (χ1) is 11.7. The number of nitrogens with one attached hydrogen (secondary N) is 1. The van der Waals surface area contributed by atoms with Gasteiger partial charge in [-0.1, -0.05) is 6.92 Å². The summed E-state index contributed by atoms with van der Waals surface area (Å²) in [5.74, 6) is 0.925. The summed E-state index contributed by atoms with van der Waals surface area (Å²) in [5.41, 5.74) is 3.29. The standard InChI is InChI=1S/C17H22N6S/c1-4-15(17-20-11(2)12(3)24-17)22-7-6-19-16(22)14-9-13-10-18-5-8-23(13)21-14/h6-7,9,15,18H,4-5,8,10H2,1-3H3. The first-order valence-corrected chi connectivity index (χ1v) is 9.23. The molecule has 6 nitrogen and oxygen atoms in total. The summed E-state index contributed by atoms with van der Waals surface area (Å²) in [6, 6.07) is 2.35. The van der Waals surface area contributed by atoms with Gasteiger partial charge in [0.05, 0.1) is 24.0 Å². The Kier molecular flexibility index (Phi) is 3.97. The SMILES string of the molecule is CCC(c1nc(C)c(C)s1)n1ccnc1-c1cc2n(n1)CCNC2. The molecule has 126 valence electrons. The quantitative estimate of drug-likeness (QED) is 0.792.